The molecule has 5 heterocycles. The van der Waals surface area contributed by atoms with Crippen molar-refractivity contribution in [2.75, 3.05) is 18.1 Å². The molecule has 0 aliphatic carbocycles. The molecule has 0 saturated carbocycles. The molecule has 5 rings (SSSR count). The van der Waals surface area contributed by atoms with E-state index in [4.69, 9.17) is 16.3 Å². The van der Waals surface area contributed by atoms with Crippen molar-refractivity contribution >= 4 is 63.1 Å². The van der Waals surface area contributed by atoms with Crippen LogP contribution >= 0.6 is 23.3 Å². The van der Waals surface area contributed by atoms with E-state index in [9.17, 15) is 19.5 Å². The van der Waals surface area contributed by atoms with Gasteiger partial charge in [-0.15, -0.1) is 11.8 Å². The van der Waals surface area contributed by atoms with Gasteiger partial charge < -0.3 is 36.1 Å². The van der Waals surface area contributed by atoms with Gasteiger partial charge in [0.25, 0.3) is 11.8 Å². The first kappa shape index (κ1) is 27.5. The zero-order valence-electron chi connectivity index (χ0n) is 21.5. The second-order valence-electron chi connectivity index (χ2n) is 9.13. The Morgan fingerprint density at radius 1 is 1.43 bits per heavy atom. The van der Waals surface area contributed by atoms with E-state index in [1.54, 1.807) is 19.4 Å². The summed E-state index contributed by atoms with van der Waals surface area (Å²) >= 11 is 2.21. The monoisotopic (exact) mass is 586 g/mol. The number of hydrogen-bond acceptors (Lipinski definition) is 13. The number of carbonyl (C=O) groups is 3. The third kappa shape index (κ3) is 5.09. The van der Waals surface area contributed by atoms with E-state index in [-0.39, 0.29) is 47.3 Å². The molecule has 3 aromatic heterocycles. The molecule has 0 bridgehead atoms. The number of nitrogens with zero attached hydrogens (tertiary/aromatic N) is 7. The molecular formula is C23H26N10O5S2. The third-order valence-corrected chi connectivity index (χ3v) is 8.06. The van der Waals surface area contributed by atoms with Crippen LogP contribution in [0.2, 0.25) is 0 Å². The van der Waals surface area contributed by atoms with Crippen LogP contribution in [0.3, 0.4) is 0 Å². The number of nitrogens with two attached hydrogens (primary N) is 2. The molecule has 210 valence electrons. The fraction of sp³-hybridized carbons (Fsp3) is 0.391. The summed E-state index contributed by atoms with van der Waals surface area (Å²) in [6, 6.07) is 2.67. The maximum Gasteiger partial charge on any atom is 0.349 e. The Labute approximate surface area is 236 Å². The number of carboxylic acids is 1. The van der Waals surface area contributed by atoms with Crippen molar-refractivity contribution in [2.45, 2.75) is 44.4 Å². The Hall–Kier alpha value is -4.09. The molecule has 2 aliphatic heterocycles. The molecule has 2 amide bonds. The average molecular weight is 587 g/mol. The average Bonchev–Trinajstić information content (AvgIpc) is 3.53. The fourth-order valence-electron chi connectivity index (χ4n) is 4.52. The van der Waals surface area contributed by atoms with Gasteiger partial charge in [0.2, 0.25) is 17.9 Å². The molecule has 15 nitrogen and oxygen atoms in total. The van der Waals surface area contributed by atoms with Gasteiger partial charge in [0, 0.05) is 35.4 Å². The van der Waals surface area contributed by atoms with Gasteiger partial charge in [-0.05, 0) is 31.0 Å². The first-order valence-corrected chi connectivity index (χ1v) is 14.1. The number of rotatable bonds is 10. The number of oxime groups is 1. The van der Waals surface area contributed by atoms with Gasteiger partial charge in [0.05, 0.1) is 17.9 Å². The number of nitrogens with one attached hydrogen (secondary N) is 1. The second-order valence-corrected chi connectivity index (χ2v) is 11.0. The van der Waals surface area contributed by atoms with Crippen LogP contribution in [0.4, 0.5) is 5.13 Å². The maximum atomic E-state index is 13.2. The second kappa shape index (κ2) is 11.2. The van der Waals surface area contributed by atoms with Crippen LogP contribution in [-0.4, -0.2) is 77.1 Å². The predicted octanol–water partition coefficient (Wildman–Crippen LogP) is -2.05. The topological polar surface area (TPSA) is 211 Å². The Bertz CT molecular complexity index is 1550. The minimum Gasteiger partial charge on any atom is -0.543 e. The van der Waals surface area contributed by atoms with Gasteiger partial charge >= 0.3 is 5.65 Å². The molecule has 3 aromatic rings. The Kier molecular flexibility index (Phi) is 7.68. The van der Waals surface area contributed by atoms with E-state index in [1.807, 2.05) is 28.2 Å². The number of pyridine rings is 1. The van der Waals surface area contributed by atoms with Crippen molar-refractivity contribution in [3.8, 4) is 0 Å². The smallest absolute Gasteiger partial charge is 0.349 e. The van der Waals surface area contributed by atoms with Gasteiger partial charge in [-0.1, -0.05) is 5.16 Å². The van der Waals surface area contributed by atoms with Crippen LogP contribution in [-0.2, 0) is 32.3 Å². The standard InChI is InChI=1S/C23H26N10O5S2/c1-3-38-29-14(17-28-23(25)40-30-17)19(34)27-15-20(35)33-16(22(36)37)12(9-39-21(15)33)8-31-6-4-5-13-18(31)26-10-32(13)7-11(2)24/h4-6,10-11,15,21H,3,7-9,24H2,1-2H3,(H3-,25,27,28,30,34,36,37)/b29-14-. The molecule has 5 N–H and O–H groups in total. The number of imidazole rings is 1. The third-order valence-electron chi connectivity index (χ3n) is 6.18. The summed E-state index contributed by atoms with van der Waals surface area (Å²) in [6.45, 7) is 4.52. The molecular weight excluding hydrogens is 560 g/mol. The van der Waals surface area contributed by atoms with Crippen LogP contribution in [0.5, 0.6) is 0 Å². The molecule has 3 atom stereocenters. The number of hydrogen-bond donors (Lipinski definition) is 3. The molecule has 0 radical (unpaired) electrons. The number of fused-ring (bicyclic) bond motifs is 2. The Morgan fingerprint density at radius 2 is 2.23 bits per heavy atom. The highest BCUT2D eigenvalue weighted by atomic mass is 32.2. The number of carbonyl (C=O) groups excluding carboxylic acids is 3. The SMILES string of the molecule is CCO/N=C(\C(=O)NC1C(=O)N2C(C(=O)[O-])=C(C[n+]3cccc4c3ncn4CC(C)N)CSC12)c1nsc(N)n1. The largest absolute Gasteiger partial charge is 0.543 e. The molecule has 3 unspecified atom stereocenters. The lowest BCUT2D eigenvalue weighted by molar-refractivity contribution is -0.664. The number of anilines is 1. The fourth-order valence-corrected chi connectivity index (χ4v) is 6.29. The van der Waals surface area contributed by atoms with Crippen LogP contribution in [0.15, 0.2) is 41.1 Å². The molecule has 0 aromatic carbocycles. The number of carboxylic acid groups (broad SMARTS) is 1. The summed E-state index contributed by atoms with van der Waals surface area (Å²) in [6.07, 6.45) is 3.48. The first-order chi connectivity index (χ1) is 19.2. The normalized spacial score (nSPS) is 19.8. The summed E-state index contributed by atoms with van der Waals surface area (Å²) in [5.74, 6) is -2.57. The van der Waals surface area contributed by atoms with E-state index in [0.717, 1.165) is 21.9 Å². The molecule has 1 fully saturated rings. The summed E-state index contributed by atoms with van der Waals surface area (Å²) in [5.41, 5.74) is 13.1. The lowest BCUT2D eigenvalue weighted by atomic mass is 10.0. The predicted molar refractivity (Wildman–Crippen MR) is 143 cm³/mol. The minimum absolute atomic E-state index is 0.0412. The van der Waals surface area contributed by atoms with Gasteiger partial charge in [0.1, 0.15) is 30.1 Å². The minimum atomic E-state index is -1.48. The van der Waals surface area contributed by atoms with Crippen molar-refractivity contribution in [1.82, 2.24) is 29.1 Å². The first-order valence-electron chi connectivity index (χ1n) is 12.3. The number of thioether (sulfide) groups is 1. The van der Waals surface area contributed by atoms with Crippen LogP contribution in [0.25, 0.3) is 11.2 Å². The highest BCUT2D eigenvalue weighted by Gasteiger charge is 2.53. The molecule has 0 spiro atoms. The van der Waals surface area contributed by atoms with Crippen molar-refractivity contribution in [3.05, 3.63) is 41.8 Å². The van der Waals surface area contributed by atoms with Crippen LogP contribution in [0.1, 0.15) is 19.7 Å². The summed E-state index contributed by atoms with van der Waals surface area (Å²) in [4.78, 5) is 53.1. The summed E-state index contributed by atoms with van der Waals surface area (Å²) in [5, 5.41) is 18.1. The van der Waals surface area contributed by atoms with Crippen molar-refractivity contribution in [2.24, 2.45) is 10.9 Å². The van der Waals surface area contributed by atoms with E-state index in [2.05, 4.69) is 24.8 Å². The zero-order valence-corrected chi connectivity index (χ0v) is 23.1. The van der Waals surface area contributed by atoms with Gasteiger partial charge in [-0.2, -0.15) is 9.36 Å². The van der Waals surface area contributed by atoms with Gasteiger partial charge in [0.15, 0.2) is 5.13 Å². The highest BCUT2D eigenvalue weighted by Crippen LogP contribution is 2.40. The maximum absolute atomic E-state index is 13.2. The summed E-state index contributed by atoms with van der Waals surface area (Å²) < 4.78 is 7.74. The Balaban J connectivity index is 1.37. The molecule has 2 aliphatic rings. The zero-order chi connectivity index (χ0) is 28.6. The van der Waals surface area contributed by atoms with E-state index < -0.39 is 29.2 Å². The van der Waals surface area contributed by atoms with E-state index in [0.29, 0.717) is 17.8 Å². The number of β-lactam (4-membered cyclic amide) rings is 1. The van der Waals surface area contributed by atoms with E-state index in [1.165, 1.54) is 11.8 Å². The Morgan fingerprint density at radius 3 is 2.90 bits per heavy atom. The van der Waals surface area contributed by atoms with Crippen LogP contribution in [0, 0.1) is 0 Å². The number of nitrogen functional groups attached to an aromatic ring is 1. The molecule has 40 heavy (non-hydrogen) atoms. The van der Waals surface area contributed by atoms with Crippen LogP contribution < -0.4 is 26.5 Å². The number of aromatic nitrogens is 5. The van der Waals surface area contributed by atoms with Gasteiger partial charge in [-0.25, -0.2) is 4.57 Å². The van der Waals surface area contributed by atoms with Crippen molar-refractivity contribution < 1.29 is 28.9 Å². The molecule has 1 saturated heterocycles. The number of aliphatic carboxylic acids is 1. The quantitative estimate of drug-likeness (QED) is 0.102. The van der Waals surface area contributed by atoms with Crippen molar-refractivity contribution in [3.63, 3.8) is 0 Å². The molecule has 17 heteroatoms. The lowest BCUT2D eigenvalue weighted by Crippen LogP contribution is -2.71. The summed E-state index contributed by atoms with van der Waals surface area (Å²) in [7, 11) is 0. The van der Waals surface area contributed by atoms with Gasteiger partial charge in [-0.3, -0.25) is 14.5 Å². The highest BCUT2D eigenvalue weighted by molar-refractivity contribution is 8.00. The lowest BCUT2D eigenvalue weighted by Gasteiger charge is -2.50. The number of amides is 2. The van der Waals surface area contributed by atoms with Crippen molar-refractivity contribution in [1.29, 1.82) is 0 Å². The van der Waals surface area contributed by atoms with E-state index >= 15 is 0 Å².